The molecule has 0 aromatic heterocycles. The summed E-state index contributed by atoms with van der Waals surface area (Å²) >= 11 is 0. The van der Waals surface area contributed by atoms with Crippen LogP contribution in [0, 0.1) is 5.41 Å². The molecular weight excluding hydrogens is 224 g/mol. The molecule has 3 nitrogen and oxygen atoms in total. The minimum absolute atomic E-state index is 0.296. The van der Waals surface area contributed by atoms with Crippen molar-refractivity contribution in [2.75, 3.05) is 33.2 Å². The fraction of sp³-hybridized carbons (Fsp3) is 1.00. The minimum atomic E-state index is -0.612. The average Bonchev–Trinajstić information content (AvgIpc) is 2.14. The summed E-state index contributed by atoms with van der Waals surface area (Å²) < 4.78 is 0. The van der Waals surface area contributed by atoms with Crippen LogP contribution in [0.5, 0.6) is 0 Å². The lowest BCUT2D eigenvalue weighted by Gasteiger charge is -2.36. The maximum atomic E-state index is 9.87. The molecule has 0 heterocycles. The smallest absolute Gasteiger partial charge is 0.0718 e. The molecule has 0 fully saturated rings. The number of hydrogen-bond donors (Lipinski definition) is 2. The zero-order valence-electron chi connectivity index (χ0n) is 13.3. The first-order valence-corrected chi connectivity index (χ1v) is 7.34. The van der Waals surface area contributed by atoms with Gasteiger partial charge in [-0.05, 0) is 45.7 Å². The molecule has 0 rings (SSSR count). The molecule has 0 aliphatic rings. The SMILES string of the molecule is CCCNCC(C)(CCC)CN(C)CC(C)(C)O. The van der Waals surface area contributed by atoms with Gasteiger partial charge in [0.25, 0.3) is 0 Å². The first-order chi connectivity index (χ1) is 8.22. The summed E-state index contributed by atoms with van der Waals surface area (Å²) in [7, 11) is 2.10. The topological polar surface area (TPSA) is 35.5 Å². The molecule has 0 radical (unpaired) electrons. The molecule has 2 N–H and O–H groups in total. The van der Waals surface area contributed by atoms with Crippen LogP contribution >= 0.6 is 0 Å². The van der Waals surface area contributed by atoms with Gasteiger partial charge < -0.3 is 15.3 Å². The fourth-order valence-corrected chi connectivity index (χ4v) is 2.76. The quantitative estimate of drug-likeness (QED) is 0.591. The Hall–Kier alpha value is -0.120. The van der Waals surface area contributed by atoms with Gasteiger partial charge in [0.2, 0.25) is 0 Å². The van der Waals surface area contributed by atoms with Gasteiger partial charge in [0.1, 0.15) is 0 Å². The van der Waals surface area contributed by atoms with Crippen LogP contribution in [0.1, 0.15) is 53.9 Å². The molecule has 0 aliphatic carbocycles. The van der Waals surface area contributed by atoms with Gasteiger partial charge in [0.05, 0.1) is 5.60 Å². The van der Waals surface area contributed by atoms with E-state index in [9.17, 15) is 5.11 Å². The molecule has 0 spiro atoms. The monoisotopic (exact) mass is 258 g/mol. The zero-order valence-corrected chi connectivity index (χ0v) is 13.3. The summed E-state index contributed by atoms with van der Waals surface area (Å²) in [5.41, 5.74) is -0.317. The Morgan fingerprint density at radius 2 is 1.67 bits per heavy atom. The van der Waals surface area contributed by atoms with Crippen LogP contribution in [0.3, 0.4) is 0 Å². The van der Waals surface area contributed by atoms with Crippen LogP contribution in [0.2, 0.25) is 0 Å². The number of aliphatic hydroxyl groups is 1. The highest BCUT2D eigenvalue weighted by Crippen LogP contribution is 2.24. The molecule has 0 bridgehead atoms. The Kier molecular flexibility index (Phi) is 8.08. The van der Waals surface area contributed by atoms with E-state index in [1.165, 1.54) is 19.3 Å². The molecular formula is C15H34N2O. The van der Waals surface area contributed by atoms with Gasteiger partial charge in [0, 0.05) is 19.6 Å². The highest BCUT2D eigenvalue weighted by molar-refractivity contribution is 4.82. The summed E-state index contributed by atoms with van der Waals surface area (Å²) in [6.45, 7) is 14.4. The molecule has 110 valence electrons. The van der Waals surface area contributed by atoms with E-state index in [-0.39, 0.29) is 0 Å². The summed E-state index contributed by atoms with van der Waals surface area (Å²) in [4.78, 5) is 2.25. The van der Waals surface area contributed by atoms with Crippen molar-refractivity contribution in [1.29, 1.82) is 0 Å². The zero-order chi connectivity index (χ0) is 14.2. The number of nitrogens with one attached hydrogen (secondary N) is 1. The maximum absolute atomic E-state index is 9.87. The van der Waals surface area contributed by atoms with E-state index in [0.29, 0.717) is 5.41 Å². The second-order valence-electron chi connectivity index (χ2n) is 6.72. The standard InChI is InChI=1S/C15H34N2O/c1-7-9-15(5,11-16-10-8-2)13-17(6)12-14(3,4)18/h16,18H,7-13H2,1-6H3. The molecule has 0 amide bonds. The van der Waals surface area contributed by atoms with Crippen molar-refractivity contribution in [2.45, 2.75) is 59.5 Å². The van der Waals surface area contributed by atoms with Gasteiger partial charge in [-0.25, -0.2) is 0 Å². The second kappa shape index (κ2) is 8.13. The van der Waals surface area contributed by atoms with Crippen LogP contribution < -0.4 is 5.32 Å². The predicted octanol–water partition coefficient (Wildman–Crippen LogP) is 2.50. The number of nitrogens with zero attached hydrogens (tertiary/aromatic N) is 1. The fourth-order valence-electron chi connectivity index (χ4n) is 2.76. The molecule has 0 aliphatic heterocycles. The number of likely N-dealkylation sites (N-methyl/N-ethyl adjacent to an activating group) is 1. The lowest BCUT2D eigenvalue weighted by Crippen LogP contribution is -2.45. The highest BCUT2D eigenvalue weighted by atomic mass is 16.3. The molecule has 0 aromatic carbocycles. The summed E-state index contributed by atoms with van der Waals surface area (Å²) in [6, 6.07) is 0. The van der Waals surface area contributed by atoms with E-state index in [1.807, 2.05) is 13.8 Å². The third-order valence-electron chi connectivity index (χ3n) is 3.14. The first kappa shape index (κ1) is 17.9. The predicted molar refractivity (Wildman–Crippen MR) is 80.0 cm³/mol. The minimum Gasteiger partial charge on any atom is -0.389 e. The second-order valence-corrected chi connectivity index (χ2v) is 6.72. The van der Waals surface area contributed by atoms with Crippen molar-refractivity contribution in [3.63, 3.8) is 0 Å². The van der Waals surface area contributed by atoms with Crippen LogP contribution in [0.4, 0.5) is 0 Å². The van der Waals surface area contributed by atoms with Crippen molar-refractivity contribution in [1.82, 2.24) is 10.2 Å². The highest BCUT2D eigenvalue weighted by Gasteiger charge is 2.26. The van der Waals surface area contributed by atoms with Gasteiger partial charge in [-0.3, -0.25) is 0 Å². The van der Waals surface area contributed by atoms with Crippen molar-refractivity contribution >= 4 is 0 Å². The van der Waals surface area contributed by atoms with Crippen LogP contribution in [-0.2, 0) is 0 Å². The van der Waals surface area contributed by atoms with Crippen molar-refractivity contribution in [3.8, 4) is 0 Å². The van der Waals surface area contributed by atoms with Gasteiger partial charge in [0.15, 0.2) is 0 Å². The molecule has 0 saturated carbocycles. The van der Waals surface area contributed by atoms with Crippen LogP contribution in [0.25, 0.3) is 0 Å². The average molecular weight is 258 g/mol. The molecule has 0 saturated heterocycles. The summed E-state index contributed by atoms with van der Waals surface area (Å²) in [5, 5.41) is 13.4. The van der Waals surface area contributed by atoms with Crippen LogP contribution in [0.15, 0.2) is 0 Å². The Labute approximate surface area is 114 Å². The third kappa shape index (κ3) is 8.90. The molecule has 0 aromatic rings. The Morgan fingerprint density at radius 1 is 1.06 bits per heavy atom. The van der Waals surface area contributed by atoms with E-state index in [0.717, 1.165) is 26.2 Å². The Bertz CT molecular complexity index is 213. The third-order valence-corrected chi connectivity index (χ3v) is 3.14. The van der Waals surface area contributed by atoms with E-state index in [4.69, 9.17) is 0 Å². The molecule has 3 heteroatoms. The van der Waals surface area contributed by atoms with Crippen molar-refractivity contribution in [2.24, 2.45) is 5.41 Å². The maximum Gasteiger partial charge on any atom is 0.0718 e. The number of hydrogen-bond acceptors (Lipinski definition) is 3. The van der Waals surface area contributed by atoms with E-state index < -0.39 is 5.60 Å². The molecule has 1 unspecified atom stereocenters. The Morgan fingerprint density at radius 3 is 2.11 bits per heavy atom. The lowest BCUT2D eigenvalue weighted by atomic mass is 9.84. The number of rotatable bonds is 10. The molecule has 1 atom stereocenters. The van der Waals surface area contributed by atoms with Gasteiger partial charge >= 0.3 is 0 Å². The van der Waals surface area contributed by atoms with Gasteiger partial charge in [-0.2, -0.15) is 0 Å². The van der Waals surface area contributed by atoms with Gasteiger partial charge in [-0.1, -0.05) is 27.2 Å². The van der Waals surface area contributed by atoms with E-state index in [2.05, 4.69) is 38.0 Å². The normalized spacial score (nSPS) is 16.0. The van der Waals surface area contributed by atoms with E-state index in [1.54, 1.807) is 0 Å². The lowest BCUT2D eigenvalue weighted by molar-refractivity contribution is 0.0309. The summed E-state index contributed by atoms with van der Waals surface area (Å²) in [5.74, 6) is 0. The van der Waals surface area contributed by atoms with E-state index >= 15 is 0 Å². The Balaban J connectivity index is 4.30. The van der Waals surface area contributed by atoms with Crippen molar-refractivity contribution < 1.29 is 5.11 Å². The summed E-state index contributed by atoms with van der Waals surface area (Å²) in [6.07, 6.45) is 3.61. The molecule has 18 heavy (non-hydrogen) atoms. The largest absolute Gasteiger partial charge is 0.389 e. The first-order valence-electron chi connectivity index (χ1n) is 7.34. The van der Waals surface area contributed by atoms with Crippen molar-refractivity contribution in [3.05, 3.63) is 0 Å². The van der Waals surface area contributed by atoms with Gasteiger partial charge in [-0.15, -0.1) is 0 Å². The van der Waals surface area contributed by atoms with Crippen LogP contribution in [-0.4, -0.2) is 48.8 Å².